The molecule has 0 heterocycles. The Morgan fingerprint density at radius 1 is 1.21 bits per heavy atom. The van der Waals surface area contributed by atoms with Gasteiger partial charge in [-0.05, 0) is 18.4 Å². The predicted octanol–water partition coefficient (Wildman–Crippen LogP) is 1.76. The number of rotatable bonds is 5. The number of nitrogens with one attached hydrogen (secondary N) is 1. The predicted molar refractivity (Wildman–Crippen MR) is 59.4 cm³/mol. The molecule has 0 aliphatic rings. The van der Waals surface area contributed by atoms with Gasteiger partial charge in [0.25, 0.3) is 0 Å². The normalized spacial score (nSPS) is 15.1. The zero-order valence-corrected chi connectivity index (χ0v) is 8.90. The molecule has 1 aromatic carbocycles. The van der Waals surface area contributed by atoms with Gasteiger partial charge in [-0.25, -0.2) is 0 Å². The Labute approximate surface area is 86.0 Å². The summed E-state index contributed by atoms with van der Waals surface area (Å²) in [4.78, 5) is 0. The molecule has 14 heavy (non-hydrogen) atoms. The molecule has 2 atom stereocenters. The molecule has 0 aromatic heterocycles. The zero-order chi connectivity index (χ0) is 10.4. The van der Waals surface area contributed by atoms with Gasteiger partial charge in [0.05, 0.1) is 6.61 Å². The second-order valence-corrected chi connectivity index (χ2v) is 3.80. The molecular weight excluding hydrogens is 174 g/mol. The molecule has 2 N–H and O–H groups in total. The maximum absolute atomic E-state index is 8.86. The summed E-state index contributed by atoms with van der Waals surface area (Å²) in [7, 11) is 0. The van der Waals surface area contributed by atoms with Crippen LogP contribution in [0.1, 0.15) is 25.3 Å². The topological polar surface area (TPSA) is 32.3 Å². The highest BCUT2D eigenvalue weighted by Gasteiger charge is 2.05. The number of aliphatic hydroxyl groups excluding tert-OH is 1. The van der Waals surface area contributed by atoms with Crippen LogP contribution in [0.5, 0.6) is 0 Å². The van der Waals surface area contributed by atoms with Crippen LogP contribution in [0.2, 0.25) is 0 Å². The Hall–Kier alpha value is -0.860. The maximum atomic E-state index is 8.86. The fraction of sp³-hybridized carbons (Fsp3) is 0.500. The van der Waals surface area contributed by atoms with Crippen LogP contribution in [0.25, 0.3) is 0 Å². The molecule has 0 fully saturated rings. The highest BCUT2D eigenvalue weighted by Crippen LogP contribution is 2.12. The van der Waals surface area contributed by atoms with Crippen molar-refractivity contribution in [3.8, 4) is 0 Å². The van der Waals surface area contributed by atoms with Crippen molar-refractivity contribution in [3.05, 3.63) is 35.9 Å². The first-order chi connectivity index (χ1) is 6.74. The largest absolute Gasteiger partial charge is 0.395 e. The summed E-state index contributed by atoms with van der Waals surface area (Å²) in [6.45, 7) is 5.28. The third-order valence-electron chi connectivity index (χ3n) is 2.41. The molecule has 2 nitrogen and oxygen atoms in total. The lowest BCUT2D eigenvalue weighted by Gasteiger charge is -2.16. The standard InChI is InChI=1S/C12H19NO/c1-10(8-13-11(2)9-14)12-6-4-3-5-7-12/h3-7,10-11,13-14H,8-9H2,1-2H3/t10-,11+/m0/s1. The van der Waals surface area contributed by atoms with Crippen molar-refractivity contribution in [1.82, 2.24) is 5.32 Å². The van der Waals surface area contributed by atoms with E-state index in [0.29, 0.717) is 5.92 Å². The van der Waals surface area contributed by atoms with Crippen molar-refractivity contribution in [2.45, 2.75) is 25.8 Å². The molecule has 0 saturated carbocycles. The van der Waals surface area contributed by atoms with Gasteiger partial charge in [-0.1, -0.05) is 37.3 Å². The lowest BCUT2D eigenvalue weighted by Crippen LogP contribution is -2.32. The molecule has 0 aliphatic heterocycles. The molecule has 0 radical (unpaired) electrons. The van der Waals surface area contributed by atoms with E-state index in [2.05, 4.69) is 36.5 Å². The summed E-state index contributed by atoms with van der Waals surface area (Å²) in [6.07, 6.45) is 0. The van der Waals surface area contributed by atoms with Gasteiger partial charge in [0.1, 0.15) is 0 Å². The Morgan fingerprint density at radius 3 is 2.43 bits per heavy atom. The number of hydrogen-bond acceptors (Lipinski definition) is 2. The molecular formula is C12H19NO. The third-order valence-corrected chi connectivity index (χ3v) is 2.41. The molecule has 2 heteroatoms. The fourth-order valence-corrected chi connectivity index (χ4v) is 1.34. The van der Waals surface area contributed by atoms with E-state index < -0.39 is 0 Å². The Morgan fingerprint density at radius 2 is 1.86 bits per heavy atom. The van der Waals surface area contributed by atoms with E-state index in [4.69, 9.17) is 5.11 Å². The second-order valence-electron chi connectivity index (χ2n) is 3.80. The van der Waals surface area contributed by atoms with E-state index in [1.807, 2.05) is 13.0 Å². The number of aliphatic hydroxyl groups is 1. The van der Waals surface area contributed by atoms with Crippen LogP contribution < -0.4 is 5.32 Å². The van der Waals surface area contributed by atoms with Gasteiger partial charge in [-0.2, -0.15) is 0 Å². The van der Waals surface area contributed by atoms with E-state index in [1.54, 1.807) is 0 Å². The Balaban J connectivity index is 2.39. The van der Waals surface area contributed by atoms with E-state index in [-0.39, 0.29) is 12.6 Å². The van der Waals surface area contributed by atoms with Crippen LogP contribution in [0, 0.1) is 0 Å². The summed E-state index contributed by atoms with van der Waals surface area (Å²) in [5, 5.41) is 12.1. The van der Waals surface area contributed by atoms with Crippen molar-refractivity contribution in [2.75, 3.05) is 13.2 Å². The van der Waals surface area contributed by atoms with E-state index in [1.165, 1.54) is 5.56 Å². The maximum Gasteiger partial charge on any atom is 0.0581 e. The zero-order valence-electron chi connectivity index (χ0n) is 8.90. The quantitative estimate of drug-likeness (QED) is 0.747. The highest BCUT2D eigenvalue weighted by atomic mass is 16.3. The molecule has 78 valence electrons. The smallest absolute Gasteiger partial charge is 0.0581 e. The molecule has 0 saturated heterocycles. The van der Waals surface area contributed by atoms with Crippen LogP contribution in [0.15, 0.2) is 30.3 Å². The van der Waals surface area contributed by atoms with Crippen molar-refractivity contribution in [3.63, 3.8) is 0 Å². The first-order valence-electron chi connectivity index (χ1n) is 5.13. The fourth-order valence-electron chi connectivity index (χ4n) is 1.34. The molecule has 0 aliphatic carbocycles. The van der Waals surface area contributed by atoms with E-state index in [9.17, 15) is 0 Å². The minimum Gasteiger partial charge on any atom is -0.395 e. The molecule has 1 rings (SSSR count). The van der Waals surface area contributed by atoms with Crippen LogP contribution in [-0.4, -0.2) is 24.3 Å². The SMILES string of the molecule is C[C@H](CO)NC[C@H](C)c1ccccc1. The van der Waals surface area contributed by atoms with Crippen molar-refractivity contribution in [2.24, 2.45) is 0 Å². The van der Waals surface area contributed by atoms with Crippen LogP contribution in [0.3, 0.4) is 0 Å². The van der Waals surface area contributed by atoms with Gasteiger partial charge < -0.3 is 10.4 Å². The summed E-state index contributed by atoms with van der Waals surface area (Å²) < 4.78 is 0. The van der Waals surface area contributed by atoms with Crippen LogP contribution >= 0.6 is 0 Å². The minimum atomic E-state index is 0.182. The number of hydrogen-bond donors (Lipinski definition) is 2. The third kappa shape index (κ3) is 3.48. The van der Waals surface area contributed by atoms with Crippen LogP contribution in [0.4, 0.5) is 0 Å². The summed E-state index contributed by atoms with van der Waals surface area (Å²) in [6, 6.07) is 10.6. The molecule has 0 bridgehead atoms. The molecule has 0 spiro atoms. The second kappa shape index (κ2) is 5.78. The summed E-state index contributed by atoms with van der Waals surface area (Å²) >= 11 is 0. The lowest BCUT2D eigenvalue weighted by molar-refractivity contribution is 0.250. The average molecular weight is 193 g/mol. The Bertz CT molecular complexity index is 248. The Kier molecular flexibility index (Phi) is 4.63. The summed E-state index contributed by atoms with van der Waals surface area (Å²) in [5.74, 6) is 0.491. The van der Waals surface area contributed by atoms with E-state index >= 15 is 0 Å². The van der Waals surface area contributed by atoms with E-state index in [0.717, 1.165) is 6.54 Å². The van der Waals surface area contributed by atoms with Gasteiger partial charge in [0.2, 0.25) is 0 Å². The minimum absolute atomic E-state index is 0.182. The molecule has 0 amide bonds. The highest BCUT2D eigenvalue weighted by molar-refractivity contribution is 5.18. The monoisotopic (exact) mass is 193 g/mol. The number of benzene rings is 1. The van der Waals surface area contributed by atoms with Crippen LogP contribution in [-0.2, 0) is 0 Å². The molecule has 0 unspecified atom stereocenters. The van der Waals surface area contributed by atoms with Gasteiger partial charge >= 0.3 is 0 Å². The first kappa shape index (κ1) is 11.2. The van der Waals surface area contributed by atoms with Gasteiger partial charge in [-0.15, -0.1) is 0 Å². The first-order valence-corrected chi connectivity index (χ1v) is 5.13. The van der Waals surface area contributed by atoms with Gasteiger partial charge in [-0.3, -0.25) is 0 Å². The molecule has 1 aromatic rings. The van der Waals surface area contributed by atoms with Crippen molar-refractivity contribution in [1.29, 1.82) is 0 Å². The lowest BCUT2D eigenvalue weighted by atomic mass is 10.0. The van der Waals surface area contributed by atoms with Crippen molar-refractivity contribution < 1.29 is 5.11 Å². The summed E-state index contributed by atoms with van der Waals surface area (Å²) in [5.41, 5.74) is 1.34. The van der Waals surface area contributed by atoms with Gasteiger partial charge in [0, 0.05) is 12.6 Å². The average Bonchev–Trinajstić information content (AvgIpc) is 2.26. The van der Waals surface area contributed by atoms with Crippen molar-refractivity contribution >= 4 is 0 Å². The van der Waals surface area contributed by atoms with Gasteiger partial charge in [0.15, 0.2) is 0 Å².